The molecule has 16 heavy (non-hydrogen) atoms. The van der Waals surface area contributed by atoms with Crippen molar-refractivity contribution in [3.05, 3.63) is 28.6 Å². The fourth-order valence-electron chi connectivity index (χ4n) is 1.41. The molecular formula is C10H12F2N2O2. The molecule has 0 bridgehead atoms. The molecule has 4 nitrogen and oxygen atoms in total. The molecule has 0 spiro atoms. The number of pyridine rings is 1. The Bertz CT molecular complexity index is 408. The van der Waals surface area contributed by atoms with Crippen LogP contribution in [0.3, 0.4) is 0 Å². The molecule has 0 aromatic carbocycles. The summed E-state index contributed by atoms with van der Waals surface area (Å²) in [6, 6.07) is 1.24. The second-order valence-corrected chi connectivity index (χ2v) is 3.16. The molecule has 1 rings (SSSR count). The van der Waals surface area contributed by atoms with Crippen molar-refractivity contribution in [3.8, 4) is 0 Å². The van der Waals surface area contributed by atoms with Crippen molar-refractivity contribution >= 4 is 5.97 Å². The second kappa shape index (κ2) is 4.98. The molecule has 0 aliphatic carbocycles. The van der Waals surface area contributed by atoms with Gasteiger partial charge < -0.3 is 10.5 Å². The van der Waals surface area contributed by atoms with Crippen molar-refractivity contribution in [2.45, 2.75) is 19.9 Å². The van der Waals surface area contributed by atoms with Crippen molar-refractivity contribution in [3.63, 3.8) is 0 Å². The smallest absolute Gasteiger partial charge is 0.338 e. The standard InChI is InChI=1S/C10H12F2N2O2/c1-5-8(9(11)12)7(10(15)16-2)3-6(4-13)14-5/h3,9H,4,13H2,1-2H3. The highest BCUT2D eigenvalue weighted by Gasteiger charge is 2.23. The number of ether oxygens (including phenoxy) is 1. The minimum atomic E-state index is -2.77. The third-order valence-electron chi connectivity index (χ3n) is 2.13. The van der Waals surface area contributed by atoms with Gasteiger partial charge in [-0.3, -0.25) is 4.98 Å². The van der Waals surface area contributed by atoms with Gasteiger partial charge in [0.25, 0.3) is 6.43 Å². The number of esters is 1. The monoisotopic (exact) mass is 230 g/mol. The zero-order valence-corrected chi connectivity index (χ0v) is 8.96. The molecule has 0 radical (unpaired) electrons. The zero-order valence-electron chi connectivity index (χ0n) is 8.96. The number of methoxy groups -OCH3 is 1. The van der Waals surface area contributed by atoms with Crippen molar-refractivity contribution in [2.75, 3.05) is 7.11 Å². The summed E-state index contributed by atoms with van der Waals surface area (Å²) in [5, 5.41) is 0. The van der Waals surface area contributed by atoms with Crippen LogP contribution < -0.4 is 5.73 Å². The lowest BCUT2D eigenvalue weighted by Crippen LogP contribution is -2.12. The Morgan fingerprint density at radius 2 is 2.25 bits per heavy atom. The van der Waals surface area contributed by atoms with Gasteiger partial charge in [-0.05, 0) is 13.0 Å². The van der Waals surface area contributed by atoms with Gasteiger partial charge in [0.2, 0.25) is 0 Å². The Balaban J connectivity index is 3.40. The Labute approximate surface area is 91.4 Å². The Kier molecular flexibility index (Phi) is 3.89. The summed E-state index contributed by atoms with van der Waals surface area (Å²) in [7, 11) is 1.13. The van der Waals surface area contributed by atoms with E-state index in [1.807, 2.05) is 0 Å². The number of aromatic nitrogens is 1. The SMILES string of the molecule is COC(=O)c1cc(CN)nc(C)c1C(F)F. The molecule has 0 saturated heterocycles. The highest BCUT2D eigenvalue weighted by atomic mass is 19.3. The van der Waals surface area contributed by atoms with Crippen LogP contribution in [0.5, 0.6) is 0 Å². The van der Waals surface area contributed by atoms with Crippen LogP contribution in [0.4, 0.5) is 8.78 Å². The highest BCUT2D eigenvalue weighted by Crippen LogP contribution is 2.26. The molecule has 1 heterocycles. The summed E-state index contributed by atoms with van der Waals surface area (Å²) >= 11 is 0. The molecular weight excluding hydrogens is 218 g/mol. The van der Waals surface area contributed by atoms with E-state index in [0.717, 1.165) is 7.11 Å². The minimum Gasteiger partial charge on any atom is -0.465 e. The number of hydrogen-bond donors (Lipinski definition) is 1. The largest absolute Gasteiger partial charge is 0.465 e. The fraction of sp³-hybridized carbons (Fsp3) is 0.400. The summed E-state index contributed by atoms with van der Waals surface area (Å²) < 4.78 is 29.9. The molecule has 0 amide bonds. The van der Waals surface area contributed by atoms with Gasteiger partial charge >= 0.3 is 5.97 Å². The summed E-state index contributed by atoms with van der Waals surface area (Å²) in [5.74, 6) is -0.810. The highest BCUT2D eigenvalue weighted by molar-refractivity contribution is 5.91. The van der Waals surface area contributed by atoms with Crippen LogP contribution in [0.1, 0.15) is 33.7 Å². The van der Waals surface area contributed by atoms with Crippen LogP contribution in [0.25, 0.3) is 0 Å². The fourth-order valence-corrected chi connectivity index (χ4v) is 1.41. The summed E-state index contributed by atoms with van der Waals surface area (Å²) in [5.41, 5.74) is 5.25. The second-order valence-electron chi connectivity index (χ2n) is 3.16. The lowest BCUT2D eigenvalue weighted by atomic mass is 10.1. The molecule has 0 saturated carbocycles. The third kappa shape index (κ3) is 2.33. The van der Waals surface area contributed by atoms with Gasteiger partial charge in [0.15, 0.2) is 0 Å². The number of rotatable bonds is 3. The predicted octanol–water partition coefficient (Wildman–Crippen LogP) is 1.57. The maximum Gasteiger partial charge on any atom is 0.338 e. The van der Waals surface area contributed by atoms with E-state index in [-0.39, 0.29) is 17.8 Å². The molecule has 88 valence electrons. The van der Waals surface area contributed by atoms with Crippen molar-refractivity contribution in [1.82, 2.24) is 4.98 Å². The van der Waals surface area contributed by atoms with E-state index < -0.39 is 18.0 Å². The summed E-state index contributed by atoms with van der Waals surface area (Å²) in [6.45, 7) is 1.49. The Morgan fingerprint density at radius 1 is 1.62 bits per heavy atom. The number of alkyl halides is 2. The van der Waals surface area contributed by atoms with Crippen LogP contribution in [-0.2, 0) is 11.3 Å². The number of hydrogen-bond acceptors (Lipinski definition) is 4. The number of nitrogens with two attached hydrogens (primary N) is 1. The van der Waals surface area contributed by atoms with Crippen LogP contribution in [0.15, 0.2) is 6.07 Å². The van der Waals surface area contributed by atoms with Gasteiger partial charge in [-0.1, -0.05) is 0 Å². The number of carbonyl (C=O) groups excluding carboxylic acids is 1. The average Bonchev–Trinajstić information content (AvgIpc) is 2.26. The van der Waals surface area contributed by atoms with Gasteiger partial charge in [-0.15, -0.1) is 0 Å². The van der Waals surface area contributed by atoms with Gasteiger partial charge in [0, 0.05) is 12.2 Å². The lowest BCUT2D eigenvalue weighted by molar-refractivity contribution is 0.0588. The Hall–Kier alpha value is -1.56. The number of aryl methyl sites for hydroxylation is 1. The van der Waals surface area contributed by atoms with Crippen molar-refractivity contribution < 1.29 is 18.3 Å². The van der Waals surface area contributed by atoms with Gasteiger partial charge in [0.1, 0.15) is 0 Å². The summed E-state index contributed by atoms with van der Waals surface area (Å²) in [4.78, 5) is 15.2. The van der Waals surface area contributed by atoms with E-state index in [2.05, 4.69) is 9.72 Å². The van der Waals surface area contributed by atoms with Crippen LogP contribution in [0.2, 0.25) is 0 Å². The predicted molar refractivity (Wildman–Crippen MR) is 53.2 cm³/mol. The van der Waals surface area contributed by atoms with Crippen molar-refractivity contribution in [1.29, 1.82) is 0 Å². The first-order valence-electron chi connectivity index (χ1n) is 4.58. The molecule has 0 fully saturated rings. The topological polar surface area (TPSA) is 65.2 Å². The van der Waals surface area contributed by atoms with E-state index in [0.29, 0.717) is 5.69 Å². The van der Waals surface area contributed by atoms with E-state index in [1.54, 1.807) is 0 Å². The van der Waals surface area contributed by atoms with Crippen LogP contribution in [-0.4, -0.2) is 18.1 Å². The molecule has 2 N–H and O–H groups in total. The molecule has 1 aromatic rings. The molecule has 0 atom stereocenters. The van der Waals surface area contributed by atoms with Crippen LogP contribution >= 0.6 is 0 Å². The molecule has 0 aliphatic heterocycles. The number of halogens is 2. The van der Waals surface area contributed by atoms with Gasteiger partial charge in [-0.25, -0.2) is 13.6 Å². The van der Waals surface area contributed by atoms with Gasteiger partial charge in [-0.2, -0.15) is 0 Å². The van der Waals surface area contributed by atoms with Crippen LogP contribution in [0, 0.1) is 6.92 Å². The summed E-state index contributed by atoms with van der Waals surface area (Å²) in [6.07, 6.45) is -2.77. The first-order chi connectivity index (χ1) is 7.51. The normalized spacial score (nSPS) is 10.6. The van der Waals surface area contributed by atoms with Gasteiger partial charge in [0.05, 0.1) is 23.9 Å². The number of carbonyl (C=O) groups is 1. The molecule has 0 unspecified atom stereocenters. The van der Waals surface area contributed by atoms with E-state index in [4.69, 9.17) is 5.73 Å². The molecule has 0 aliphatic rings. The van der Waals surface area contributed by atoms with Crippen molar-refractivity contribution in [2.24, 2.45) is 5.73 Å². The maximum atomic E-state index is 12.7. The third-order valence-corrected chi connectivity index (χ3v) is 2.13. The van der Waals surface area contributed by atoms with E-state index >= 15 is 0 Å². The first-order valence-corrected chi connectivity index (χ1v) is 4.58. The molecule has 1 aromatic heterocycles. The van der Waals surface area contributed by atoms with E-state index in [1.165, 1.54) is 13.0 Å². The average molecular weight is 230 g/mol. The first kappa shape index (κ1) is 12.5. The van der Waals surface area contributed by atoms with E-state index in [9.17, 15) is 13.6 Å². The minimum absolute atomic E-state index is 0.0777. The number of nitrogens with zero attached hydrogens (tertiary/aromatic N) is 1. The lowest BCUT2D eigenvalue weighted by Gasteiger charge is -2.11. The maximum absolute atomic E-state index is 12.7. The quantitative estimate of drug-likeness (QED) is 0.800. The molecule has 6 heteroatoms. The Morgan fingerprint density at radius 3 is 2.69 bits per heavy atom. The zero-order chi connectivity index (χ0) is 12.3.